The third-order valence-electron chi connectivity index (χ3n) is 3.73. The Morgan fingerprint density at radius 1 is 1.39 bits per heavy atom. The fourth-order valence-corrected chi connectivity index (χ4v) is 2.29. The lowest BCUT2D eigenvalue weighted by molar-refractivity contribution is 0.0195. The SMILES string of the molecule is Cc1c(O)c(=O)c(C(C)N2CCOCC2)cn1C. The summed E-state index contributed by atoms with van der Waals surface area (Å²) in [5, 5.41) is 9.84. The van der Waals surface area contributed by atoms with Crippen LogP contribution in [-0.4, -0.2) is 40.9 Å². The van der Waals surface area contributed by atoms with Crippen LogP contribution in [0.1, 0.15) is 24.2 Å². The molecule has 1 aromatic rings. The average molecular weight is 252 g/mol. The summed E-state index contributed by atoms with van der Waals surface area (Å²) in [6.07, 6.45) is 1.82. The number of hydrogen-bond acceptors (Lipinski definition) is 4. The summed E-state index contributed by atoms with van der Waals surface area (Å²) in [6, 6.07) is -0.000833. The van der Waals surface area contributed by atoms with Crippen molar-refractivity contribution in [3.05, 3.63) is 27.7 Å². The summed E-state index contributed by atoms with van der Waals surface area (Å²) in [7, 11) is 1.84. The van der Waals surface area contributed by atoms with Crippen LogP contribution in [0.3, 0.4) is 0 Å². The van der Waals surface area contributed by atoms with Crippen LogP contribution in [0.15, 0.2) is 11.0 Å². The molecule has 1 N–H and O–H groups in total. The predicted octanol–water partition coefficient (Wildman–Crippen LogP) is 0.793. The molecule has 0 aliphatic carbocycles. The summed E-state index contributed by atoms with van der Waals surface area (Å²) >= 11 is 0. The molecular weight excluding hydrogens is 232 g/mol. The van der Waals surface area contributed by atoms with Gasteiger partial charge in [-0.05, 0) is 13.8 Å². The van der Waals surface area contributed by atoms with Crippen LogP contribution in [0.5, 0.6) is 5.75 Å². The van der Waals surface area contributed by atoms with Gasteiger partial charge in [-0.15, -0.1) is 0 Å². The molecule has 0 saturated carbocycles. The monoisotopic (exact) mass is 252 g/mol. The second-order valence-corrected chi connectivity index (χ2v) is 4.78. The van der Waals surface area contributed by atoms with E-state index in [1.807, 2.05) is 20.2 Å². The molecule has 1 fully saturated rings. The van der Waals surface area contributed by atoms with Crippen LogP contribution in [0.2, 0.25) is 0 Å². The number of aromatic hydroxyl groups is 1. The van der Waals surface area contributed by atoms with Crippen molar-refractivity contribution >= 4 is 0 Å². The van der Waals surface area contributed by atoms with E-state index in [1.54, 1.807) is 11.5 Å². The van der Waals surface area contributed by atoms with Gasteiger partial charge in [0.05, 0.1) is 18.9 Å². The number of ether oxygens (including phenoxy) is 1. The van der Waals surface area contributed by atoms with E-state index in [9.17, 15) is 9.90 Å². The highest BCUT2D eigenvalue weighted by atomic mass is 16.5. The van der Waals surface area contributed by atoms with Crippen molar-refractivity contribution in [2.75, 3.05) is 26.3 Å². The largest absolute Gasteiger partial charge is 0.503 e. The second-order valence-electron chi connectivity index (χ2n) is 4.78. The third kappa shape index (κ3) is 2.28. The molecule has 0 radical (unpaired) electrons. The summed E-state index contributed by atoms with van der Waals surface area (Å²) in [5.41, 5.74) is 0.977. The first-order valence-corrected chi connectivity index (χ1v) is 6.23. The molecule has 0 spiro atoms. The van der Waals surface area contributed by atoms with Crippen LogP contribution >= 0.6 is 0 Å². The van der Waals surface area contributed by atoms with Gasteiger partial charge in [-0.25, -0.2) is 0 Å². The number of aryl methyl sites for hydroxylation is 1. The van der Waals surface area contributed by atoms with Crippen molar-refractivity contribution in [1.29, 1.82) is 0 Å². The normalized spacial score (nSPS) is 18.8. The average Bonchev–Trinajstić information content (AvgIpc) is 2.41. The van der Waals surface area contributed by atoms with E-state index in [0.717, 1.165) is 13.1 Å². The van der Waals surface area contributed by atoms with Crippen molar-refractivity contribution < 1.29 is 9.84 Å². The summed E-state index contributed by atoms with van der Waals surface area (Å²) < 4.78 is 7.10. The van der Waals surface area contributed by atoms with Gasteiger partial charge in [-0.2, -0.15) is 0 Å². The van der Waals surface area contributed by atoms with E-state index < -0.39 is 0 Å². The van der Waals surface area contributed by atoms with E-state index in [0.29, 0.717) is 24.5 Å². The molecule has 5 heteroatoms. The lowest BCUT2D eigenvalue weighted by Crippen LogP contribution is -2.39. The molecule has 0 bridgehead atoms. The third-order valence-corrected chi connectivity index (χ3v) is 3.73. The number of morpholine rings is 1. The van der Waals surface area contributed by atoms with Crippen molar-refractivity contribution in [3.63, 3.8) is 0 Å². The standard InChI is InChI=1S/C13H20N2O3/c1-9(15-4-6-18-7-5-15)11-8-14(3)10(2)12(16)13(11)17/h8-9,16H,4-7H2,1-3H3. The number of hydrogen-bond donors (Lipinski definition) is 1. The summed E-state index contributed by atoms with van der Waals surface area (Å²) in [5.74, 6) is -0.143. The molecule has 0 amide bonds. The Labute approximate surface area is 107 Å². The first-order valence-electron chi connectivity index (χ1n) is 6.23. The van der Waals surface area contributed by atoms with E-state index in [4.69, 9.17) is 4.74 Å². The maximum atomic E-state index is 12.1. The van der Waals surface area contributed by atoms with Crippen LogP contribution in [-0.2, 0) is 11.8 Å². The molecule has 1 aromatic heterocycles. The van der Waals surface area contributed by atoms with E-state index >= 15 is 0 Å². The molecule has 1 aliphatic rings. The maximum absolute atomic E-state index is 12.1. The zero-order valence-corrected chi connectivity index (χ0v) is 11.1. The van der Waals surface area contributed by atoms with Gasteiger partial charge in [-0.3, -0.25) is 9.69 Å². The minimum absolute atomic E-state index is 0.000833. The zero-order valence-electron chi connectivity index (χ0n) is 11.1. The Morgan fingerprint density at radius 2 is 2.00 bits per heavy atom. The molecule has 1 saturated heterocycles. The predicted molar refractivity (Wildman–Crippen MR) is 68.9 cm³/mol. The molecule has 5 nitrogen and oxygen atoms in total. The molecule has 18 heavy (non-hydrogen) atoms. The molecule has 1 unspecified atom stereocenters. The van der Waals surface area contributed by atoms with Crippen molar-refractivity contribution in [1.82, 2.24) is 9.47 Å². The van der Waals surface area contributed by atoms with E-state index in [2.05, 4.69) is 4.90 Å². The minimum Gasteiger partial charge on any atom is -0.503 e. The quantitative estimate of drug-likeness (QED) is 0.845. The lowest BCUT2D eigenvalue weighted by atomic mass is 10.1. The molecule has 2 rings (SSSR count). The maximum Gasteiger partial charge on any atom is 0.228 e. The van der Waals surface area contributed by atoms with Crippen LogP contribution in [0.25, 0.3) is 0 Å². The zero-order chi connectivity index (χ0) is 13.3. The fraction of sp³-hybridized carbons (Fsp3) is 0.615. The van der Waals surface area contributed by atoms with Crippen molar-refractivity contribution in [2.45, 2.75) is 19.9 Å². The number of nitrogens with zero attached hydrogens (tertiary/aromatic N) is 2. The second kappa shape index (κ2) is 5.12. The fourth-order valence-electron chi connectivity index (χ4n) is 2.29. The number of aromatic nitrogens is 1. The van der Waals surface area contributed by atoms with Crippen molar-refractivity contribution in [2.24, 2.45) is 7.05 Å². The summed E-state index contributed by atoms with van der Waals surface area (Å²) in [4.78, 5) is 14.3. The number of rotatable bonds is 2. The Balaban J connectivity index is 2.35. The Bertz CT molecular complexity index is 490. The highest BCUT2D eigenvalue weighted by molar-refractivity contribution is 5.32. The highest BCUT2D eigenvalue weighted by Gasteiger charge is 2.22. The van der Waals surface area contributed by atoms with Gasteiger partial charge in [0.1, 0.15) is 0 Å². The van der Waals surface area contributed by atoms with E-state index in [1.165, 1.54) is 0 Å². The molecule has 0 aromatic carbocycles. The Hall–Kier alpha value is -1.33. The molecule has 1 atom stereocenters. The molecule has 2 heterocycles. The van der Waals surface area contributed by atoms with Gasteiger partial charge in [0, 0.05) is 37.9 Å². The molecular formula is C13H20N2O3. The smallest absolute Gasteiger partial charge is 0.228 e. The van der Waals surface area contributed by atoms with Crippen LogP contribution < -0.4 is 5.43 Å². The highest BCUT2D eigenvalue weighted by Crippen LogP contribution is 2.21. The van der Waals surface area contributed by atoms with Gasteiger partial charge in [0.2, 0.25) is 5.43 Å². The Kier molecular flexibility index (Phi) is 3.73. The molecule has 100 valence electrons. The van der Waals surface area contributed by atoms with Crippen molar-refractivity contribution in [3.8, 4) is 5.75 Å². The minimum atomic E-state index is -0.260. The van der Waals surface area contributed by atoms with Gasteiger partial charge in [-0.1, -0.05) is 0 Å². The van der Waals surface area contributed by atoms with Gasteiger partial charge in [0.15, 0.2) is 5.75 Å². The van der Waals surface area contributed by atoms with Crippen LogP contribution in [0.4, 0.5) is 0 Å². The molecule has 1 aliphatic heterocycles. The van der Waals surface area contributed by atoms with E-state index in [-0.39, 0.29) is 17.2 Å². The first-order chi connectivity index (χ1) is 8.52. The van der Waals surface area contributed by atoms with Gasteiger partial charge >= 0.3 is 0 Å². The van der Waals surface area contributed by atoms with Gasteiger partial charge in [0.25, 0.3) is 0 Å². The topological polar surface area (TPSA) is 54.7 Å². The first kappa shape index (κ1) is 13.1. The lowest BCUT2D eigenvalue weighted by Gasteiger charge is -2.32. The van der Waals surface area contributed by atoms with Gasteiger partial charge < -0.3 is 14.4 Å². The summed E-state index contributed by atoms with van der Waals surface area (Å²) in [6.45, 7) is 6.76. The number of pyridine rings is 1. The Morgan fingerprint density at radius 3 is 2.61 bits per heavy atom. The van der Waals surface area contributed by atoms with Crippen LogP contribution in [0, 0.1) is 6.92 Å².